The zero-order chi connectivity index (χ0) is 24.3. The van der Waals surface area contributed by atoms with Crippen LogP contribution in [0.15, 0.2) is 18.2 Å². The Bertz CT molecular complexity index is 796. The highest BCUT2D eigenvalue weighted by atomic mass is 35.5. The molecule has 1 aliphatic heterocycles. The summed E-state index contributed by atoms with van der Waals surface area (Å²) >= 11 is 11.7. The largest absolute Gasteiger partial charge is 0.481 e. The third-order valence-electron chi connectivity index (χ3n) is 3.33. The molecule has 5 amide bonds. The SMILES string of the molecule is CC(C)NC(=O)N1CC(=O)N(c2cc(Cl)cc(Cl)c2)C1=O.CCC(=O)O.CCC(=O)O. The zero-order valence-corrected chi connectivity index (χ0v) is 19.0. The van der Waals surface area contributed by atoms with Crippen molar-refractivity contribution in [2.24, 2.45) is 0 Å². The number of hydrogen-bond acceptors (Lipinski definition) is 5. The summed E-state index contributed by atoms with van der Waals surface area (Å²) in [6.07, 6.45) is 0.444. The molecule has 12 heteroatoms. The molecule has 2 rings (SSSR count). The van der Waals surface area contributed by atoms with E-state index in [9.17, 15) is 24.0 Å². The predicted molar refractivity (Wildman–Crippen MR) is 116 cm³/mol. The maximum absolute atomic E-state index is 12.2. The van der Waals surface area contributed by atoms with Gasteiger partial charge in [-0.25, -0.2) is 19.4 Å². The molecule has 0 aromatic heterocycles. The number of benzene rings is 1. The number of hydrogen-bond donors (Lipinski definition) is 3. The second-order valence-electron chi connectivity index (χ2n) is 6.32. The normalized spacial score (nSPS) is 12.6. The molecule has 0 spiro atoms. The summed E-state index contributed by atoms with van der Waals surface area (Å²) < 4.78 is 0. The number of anilines is 1. The number of rotatable bonds is 4. The molecule has 3 N–H and O–H groups in total. The average molecular weight is 478 g/mol. The van der Waals surface area contributed by atoms with Crippen LogP contribution in [-0.2, 0) is 14.4 Å². The molecule has 0 saturated carbocycles. The predicted octanol–water partition coefficient (Wildman–Crippen LogP) is 3.84. The van der Waals surface area contributed by atoms with Crippen molar-refractivity contribution in [3.8, 4) is 0 Å². The van der Waals surface area contributed by atoms with Crippen LogP contribution in [0.3, 0.4) is 0 Å². The first kappa shape index (κ1) is 28.1. The summed E-state index contributed by atoms with van der Waals surface area (Å²) in [6.45, 7) is 6.40. The Kier molecular flexibility index (Phi) is 12.2. The van der Waals surface area contributed by atoms with Gasteiger partial charge in [0.15, 0.2) is 0 Å². The molecule has 31 heavy (non-hydrogen) atoms. The van der Waals surface area contributed by atoms with Crippen molar-refractivity contribution in [1.29, 1.82) is 0 Å². The van der Waals surface area contributed by atoms with Crippen molar-refractivity contribution in [2.45, 2.75) is 46.6 Å². The van der Waals surface area contributed by atoms with Crippen LogP contribution in [0.1, 0.15) is 40.5 Å². The Morgan fingerprint density at radius 2 is 1.42 bits per heavy atom. The van der Waals surface area contributed by atoms with Gasteiger partial charge in [0, 0.05) is 28.9 Å². The van der Waals surface area contributed by atoms with E-state index >= 15 is 0 Å². The molecule has 1 fully saturated rings. The summed E-state index contributed by atoms with van der Waals surface area (Å²) in [4.78, 5) is 56.6. The highest BCUT2D eigenvalue weighted by Gasteiger charge is 2.41. The van der Waals surface area contributed by atoms with Crippen LogP contribution in [0.4, 0.5) is 15.3 Å². The lowest BCUT2D eigenvalue weighted by molar-refractivity contribution is -0.137. The summed E-state index contributed by atoms with van der Waals surface area (Å²) in [5.41, 5.74) is 0.238. The summed E-state index contributed by atoms with van der Waals surface area (Å²) in [5.74, 6) is -2.01. The quantitative estimate of drug-likeness (QED) is 0.558. The number of urea groups is 2. The van der Waals surface area contributed by atoms with Crippen LogP contribution in [0.2, 0.25) is 10.0 Å². The summed E-state index contributed by atoms with van der Waals surface area (Å²) in [5, 5.41) is 18.6. The van der Waals surface area contributed by atoms with E-state index in [4.69, 9.17) is 33.4 Å². The van der Waals surface area contributed by atoms with Crippen LogP contribution >= 0.6 is 23.2 Å². The van der Waals surface area contributed by atoms with Crippen molar-refractivity contribution >= 4 is 58.8 Å². The molecular formula is C19H25Cl2N3O7. The van der Waals surface area contributed by atoms with Gasteiger partial charge < -0.3 is 15.5 Å². The molecule has 0 aliphatic carbocycles. The molecule has 1 aliphatic rings. The Balaban J connectivity index is 0.000000752. The Morgan fingerprint density at radius 1 is 1.00 bits per heavy atom. The fourth-order valence-corrected chi connectivity index (χ4v) is 2.42. The van der Waals surface area contributed by atoms with Crippen molar-refractivity contribution in [2.75, 3.05) is 11.4 Å². The van der Waals surface area contributed by atoms with Gasteiger partial charge >= 0.3 is 24.0 Å². The summed E-state index contributed by atoms with van der Waals surface area (Å²) in [7, 11) is 0. The number of carboxylic acid groups (broad SMARTS) is 2. The monoisotopic (exact) mass is 477 g/mol. The molecule has 1 heterocycles. The van der Waals surface area contributed by atoms with E-state index in [0.29, 0.717) is 10.0 Å². The minimum absolute atomic E-state index is 0.143. The topological polar surface area (TPSA) is 144 Å². The summed E-state index contributed by atoms with van der Waals surface area (Å²) in [6, 6.07) is 2.88. The Morgan fingerprint density at radius 3 is 1.77 bits per heavy atom. The van der Waals surface area contributed by atoms with Gasteiger partial charge in [0.2, 0.25) is 0 Å². The molecule has 1 aromatic carbocycles. The minimum atomic E-state index is -0.745. The first-order chi connectivity index (χ1) is 14.3. The van der Waals surface area contributed by atoms with Gasteiger partial charge in [-0.1, -0.05) is 37.0 Å². The standard InChI is InChI=1S/C13H13Cl2N3O3.2C3H6O2/c1-7(2)16-12(20)17-6-11(19)18(13(17)21)10-4-8(14)3-9(15)5-10;2*1-2-3(4)5/h3-5,7H,6H2,1-2H3,(H,16,20);2*2H2,1H3,(H,4,5). The number of nitrogens with zero attached hydrogens (tertiary/aromatic N) is 2. The lowest BCUT2D eigenvalue weighted by Gasteiger charge is -2.18. The van der Waals surface area contributed by atoms with Gasteiger partial charge in [-0.2, -0.15) is 0 Å². The van der Waals surface area contributed by atoms with Gasteiger partial charge in [-0.05, 0) is 32.0 Å². The number of nitrogens with one attached hydrogen (secondary N) is 1. The number of imide groups is 2. The lowest BCUT2D eigenvalue weighted by atomic mass is 10.3. The number of aliphatic carboxylic acids is 2. The first-order valence-electron chi connectivity index (χ1n) is 9.18. The van der Waals surface area contributed by atoms with Crippen LogP contribution in [0.25, 0.3) is 0 Å². The molecule has 10 nitrogen and oxygen atoms in total. The van der Waals surface area contributed by atoms with Gasteiger partial charge in [-0.15, -0.1) is 0 Å². The number of amides is 5. The van der Waals surface area contributed by atoms with Gasteiger partial charge in [0.05, 0.1) is 5.69 Å². The number of carboxylic acids is 2. The maximum atomic E-state index is 12.2. The molecule has 0 unspecified atom stereocenters. The lowest BCUT2D eigenvalue weighted by Crippen LogP contribution is -2.45. The smallest absolute Gasteiger partial charge is 0.340 e. The second kappa shape index (κ2) is 13.5. The van der Waals surface area contributed by atoms with E-state index in [2.05, 4.69) is 5.32 Å². The van der Waals surface area contributed by atoms with Crippen LogP contribution < -0.4 is 10.2 Å². The fourth-order valence-electron chi connectivity index (χ4n) is 1.91. The first-order valence-corrected chi connectivity index (χ1v) is 9.94. The Labute approximate surface area is 189 Å². The van der Waals surface area contributed by atoms with E-state index in [1.807, 2.05) is 0 Å². The molecule has 1 aromatic rings. The van der Waals surface area contributed by atoms with E-state index in [0.717, 1.165) is 9.80 Å². The van der Waals surface area contributed by atoms with E-state index in [1.165, 1.54) is 18.2 Å². The molecular weight excluding hydrogens is 453 g/mol. The van der Waals surface area contributed by atoms with Crippen molar-refractivity contribution < 1.29 is 34.2 Å². The molecule has 0 atom stereocenters. The highest BCUT2D eigenvalue weighted by Crippen LogP contribution is 2.28. The van der Waals surface area contributed by atoms with Gasteiger partial charge in [0.1, 0.15) is 6.54 Å². The third-order valence-corrected chi connectivity index (χ3v) is 3.77. The number of carbonyl (C=O) groups excluding carboxylic acids is 3. The second-order valence-corrected chi connectivity index (χ2v) is 7.20. The zero-order valence-electron chi connectivity index (χ0n) is 17.5. The number of halogens is 2. The van der Waals surface area contributed by atoms with Gasteiger partial charge in [-0.3, -0.25) is 14.4 Å². The van der Waals surface area contributed by atoms with Crippen LogP contribution in [0, 0.1) is 0 Å². The molecule has 172 valence electrons. The Hall–Kier alpha value is -2.85. The van der Waals surface area contributed by atoms with Crippen molar-refractivity contribution in [3.05, 3.63) is 28.2 Å². The third kappa shape index (κ3) is 10.1. The average Bonchev–Trinajstić information content (AvgIpc) is 2.95. The van der Waals surface area contributed by atoms with E-state index < -0.39 is 29.9 Å². The minimum Gasteiger partial charge on any atom is -0.481 e. The molecule has 1 saturated heterocycles. The molecule has 0 radical (unpaired) electrons. The molecule has 0 bridgehead atoms. The van der Waals surface area contributed by atoms with Crippen molar-refractivity contribution in [1.82, 2.24) is 10.2 Å². The van der Waals surface area contributed by atoms with E-state index in [1.54, 1.807) is 27.7 Å². The fraction of sp³-hybridized carbons (Fsp3) is 0.421. The van der Waals surface area contributed by atoms with Crippen LogP contribution in [0.5, 0.6) is 0 Å². The van der Waals surface area contributed by atoms with E-state index in [-0.39, 0.29) is 31.1 Å². The number of carbonyl (C=O) groups is 5. The highest BCUT2D eigenvalue weighted by molar-refractivity contribution is 6.35. The van der Waals surface area contributed by atoms with Crippen molar-refractivity contribution in [3.63, 3.8) is 0 Å². The maximum Gasteiger partial charge on any atom is 0.340 e. The van der Waals surface area contributed by atoms with Crippen LogP contribution in [-0.4, -0.2) is 57.6 Å². The van der Waals surface area contributed by atoms with Gasteiger partial charge in [0.25, 0.3) is 5.91 Å².